The van der Waals surface area contributed by atoms with Gasteiger partial charge in [-0.2, -0.15) is 0 Å². The van der Waals surface area contributed by atoms with E-state index in [9.17, 15) is 4.79 Å². The number of halogens is 1. The maximum absolute atomic E-state index is 12.0. The Labute approximate surface area is 111 Å². The molecule has 2 nitrogen and oxygen atoms in total. The molecule has 0 unspecified atom stereocenters. The molecule has 2 rings (SSSR count). The van der Waals surface area contributed by atoms with Gasteiger partial charge < -0.3 is 5.32 Å². The third-order valence-electron chi connectivity index (χ3n) is 3.42. The summed E-state index contributed by atoms with van der Waals surface area (Å²) < 4.78 is 0. The zero-order valence-electron chi connectivity index (χ0n) is 10.1. The first-order valence-corrected chi connectivity index (χ1v) is 7.18. The lowest BCUT2D eigenvalue weighted by Crippen LogP contribution is -2.55. The van der Waals surface area contributed by atoms with Gasteiger partial charge in [0.05, 0.1) is 6.42 Å². The van der Waals surface area contributed by atoms with Crippen LogP contribution in [-0.2, 0) is 11.2 Å². The first-order valence-electron chi connectivity index (χ1n) is 6.06. The van der Waals surface area contributed by atoms with Crippen molar-refractivity contribution in [1.29, 1.82) is 0 Å². The lowest BCUT2D eigenvalue weighted by molar-refractivity contribution is -0.123. The Kier molecular flexibility index (Phi) is 3.87. The lowest BCUT2D eigenvalue weighted by Gasteiger charge is -2.41. The van der Waals surface area contributed by atoms with E-state index in [2.05, 4.69) is 27.3 Å². The molecule has 92 valence electrons. The van der Waals surface area contributed by atoms with Crippen LogP contribution in [0.25, 0.3) is 0 Å². The van der Waals surface area contributed by atoms with Crippen molar-refractivity contribution in [3.05, 3.63) is 35.4 Å². The van der Waals surface area contributed by atoms with Crippen LogP contribution in [-0.4, -0.2) is 16.8 Å². The number of aryl methyl sites for hydroxylation is 1. The summed E-state index contributed by atoms with van der Waals surface area (Å²) >= 11 is 3.49. The van der Waals surface area contributed by atoms with Gasteiger partial charge in [0, 0.05) is 10.9 Å². The monoisotopic (exact) mass is 295 g/mol. The molecule has 0 heterocycles. The number of rotatable bonds is 4. The molecule has 0 saturated heterocycles. The van der Waals surface area contributed by atoms with Gasteiger partial charge in [0.25, 0.3) is 0 Å². The maximum Gasteiger partial charge on any atom is 0.224 e. The summed E-state index contributed by atoms with van der Waals surface area (Å²) in [5.41, 5.74) is 2.32. The third-order valence-corrected chi connectivity index (χ3v) is 4.49. The van der Waals surface area contributed by atoms with Crippen molar-refractivity contribution in [3.8, 4) is 0 Å². The van der Waals surface area contributed by atoms with Crippen LogP contribution in [0.4, 0.5) is 0 Å². The number of amides is 1. The van der Waals surface area contributed by atoms with Crippen LogP contribution in [0.1, 0.15) is 30.4 Å². The number of hydrogen-bond acceptors (Lipinski definition) is 1. The van der Waals surface area contributed by atoms with Gasteiger partial charge in [-0.15, -0.1) is 0 Å². The third kappa shape index (κ3) is 3.09. The number of carbonyl (C=O) groups is 1. The van der Waals surface area contributed by atoms with Crippen LogP contribution < -0.4 is 5.32 Å². The van der Waals surface area contributed by atoms with E-state index in [4.69, 9.17) is 0 Å². The van der Waals surface area contributed by atoms with Crippen LogP contribution in [0.3, 0.4) is 0 Å². The Morgan fingerprint density at radius 3 is 2.76 bits per heavy atom. The molecule has 0 aliphatic heterocycles. The van der Waals surface area contributed by atoms with Crippen molar-refractivity contribution in [2.24, 2.45) is 0 Å². The number of nitrogens with one attached hydrogen (secondary N) is 1. The fourth-order valence-corrected chi connectivity index (χ4v) is 2.94. The summed E-state index contributed by atoms with van der Waals surface area (Å²) in [6.45, 7) is 2.05. The minimum absolute atomic E-state index is 0.0287. The lowest BCUT2D eigenvalue weighted by atomic mass is 9.78. The van der Waals surface area contributed by atoms with Gasteiger partial charge in [-0.3, -0.25) is 4.79 Å². The highest BCUT2D eigenvalue weighted by atomic mass is 79.9. The van der Waals surface area contributed by atoms with E-state index < -0.39 is 0 Å². The molecule has 1 aromatic rings. The summed E-state index contributed by atoms with van der Waals surface area (Å²) in [4.78, 5) is 12.0. The molecule has 1 N–H and O–H groups in total. The van der Waals surface area contributed by atoms with Crippen molar-refractivity contribution in [3.63, 3.8) is 0 Å². The molecule has 0 aromatic heterocycles. The predicted octanol–water partition coefficient (Wildman–Crippen LogP) is 2.97. The van der Waals surface area contributed by atoms with Gasteiger partial charge in [-0.1, -0.05) is 45.8 Å². The van der Waals surface area contributed by atoms with Crippen LogP contribution in [0.2, 0.25) is 0 Å². The Morgan fingerprint density at radius 1 is 1.47 bits per heavy atom. The quantitative estimate of drug-likeness (QED) is 0.850. The van der Waals surface area contributed by atoms with E-state index >= 15 is 0 Å². The van der Waals surface area contributed by atoms with Gasteiger partial charge in [0.15, 0.2) is 0 Å². The predicted molar refractivity (Wildman–Crippen MR) is 73.4 cm³/mol. The number of hydrogen-bond donors (Lipinski definition) is 1. The van der Waals surface area contributed by atoms with Crippen molar-refractivity contribution in [1.82, 2.24) is 5.32 Å². The second-order valence-corrected chi connectivity index (χ2v) is 5.54. The Morgan fingerprint density at radius 2 is 2.24 bits per heavy atom. The first kappa shape index (κ1) is 12.6. The maximum atomic E-state index is 12.0. The van der Waals surface area contributed by atoms with Gasteiger partial charge in [0.1, 0.15) is 0 Å². The van der Waals surface area contributed by atoms with Crippen LogP contribution >= 0.6 is 15.9 Å². The van der Waals surface area contributed by atoms with Crippen LogP contribution in [0, 0.1) is 6.92 Å². The summed E-state index contributed by atoms with van der Waals surface area (Å²) in [7, 11) is 0. The van der Waals surface area contributed by atoms with Gasteiger partial charge >= 0.3 is 0 Å². The van der Waals surface area contributed by atoms with Crippen LogP contribution in [0.5, 0.6) is 0 Å². The molecular weight excluding hydrogens is 278 g/mol. The van der Waals surface area contributed by atoms with E-state index in [1.807, 2.05) is 25.1 Å². The van der Waals surface area contributed by atoms with Crippen molar-refractivity contribution in [2.45, 2.75) is 38.1 Å². The topological polar surface area (TPSA) is 29.1 Å². The molecule has 3 heteroatoms. The molecule has 1 aliphatic carbocycles. The van der Waals surface area contributed by atoms with E-state index in [0.717, 1.165) is 23.7 Å². The molecule has 0 bridgehead atoms. The highest BCUT2D eigenvalue weighted by Gasteiger charge is 2.36. The molecule has 1 saturated carbocycles. The van der Waals surface area contributed by atoms with Gasteiger partial charge in [0.2, 0.25) is 5.91 Å². The van der Waals surface area contributed by atoms with E-state index in [1.165, 1.54) is 12.0 Å². The summed E-state index contributed by atoms with van der Waals surface area (Å²) in [6, 6.07) is 8.13. The number of benzene rings is 1. The van der Waals surface area contributed by atoms with E-state index in [-0.39, 0.29) is 11.4 Å². The molecule has 17 heavy (non-hydrogen) atoms. The molecular formula is C14H18BrNO. The SMILES string of the molecule is Cc1cccc(CC(=O)NC2(CBr)CCC2)c1. The molecule has 1 aliphatic rings. The van der Waals surface area contributed by atoms with Crippen LogP contribution in [0.15, 0.2) is 24.3 Å². The normalized spacial score (nSPS) is 17.3. The molecule has 0 atom stereocenters. The fraction of sp³-hybridized carbons (Fsp3) is 0.500. The minimum Gasteiger partial charge on any atom is -0.350 e. The summed E-state index contributed by atoms with van der Waals surface area (Å²) in [5, 5.41) is 4.02. The van der Waals surface area contributed by atoms with Crippen molar-refractivity contribution >= 4 is 21.8 Å². The summed E-state index contributed by atoms with van der Waals surface area (Å²) in [5.74, 6) is 0.134. The zero-order valence-corrected chi connectivity index (χ0v) is 11.7. The second-order valence-electron chi connectivity index (χ2n) is 4.98. The second kappa shape index (κ2) is 5.21. The average Bonchev–Trinajstić information content (AvgIpc) is 2.23. The largest absolute Gasteiger partial charge is 0.350 e. The van der Waals surface area contributed by atoms with Gasteiger partial charge in [-0.25, -0.2) is 0 Å². The molecule has 1 fully saturated rings. The number of alkyl halides is 1. The Hall–Kier alpha value is -0.830. The molecule has 1 amide bonds. The smallest absolute Gasteiger partial charge is 0.224 e. The van der Waals surface area contributed by atoms with E-state index in [0.29, 0.717) is 6.42 Å². The highest BCUT2D eigenvalue weighted by molar-refractivity contribution is 9.09. The molecule has 0 spiro atoms. The van der Waals surface area contributed by atoms with Crippen molar-refractivity contribution in [2.75, 3.05) is 5.33 Å². The van der Waals surface area contributed by atoms with E-state index in [1.54, 1.807) is 0 Å². The first-order chi connectivity index (χ1) is 8.13. The Bertz CT molecular complexity index is 407. The van der Waals surface area contributed by atoms with Gasteiger partial charge in [-0.05, 0) is 31.7 Å². The Balaban J connectivity index is 1.93. The van der Waals surface area contributed by atoms with Crippen molar-refractivity contribution < 1.29 is 4.79 Å². The molecule has 0 radical (unpaired) electrons. The average molecular weight is 296 g/mol. The zero-order chi connectivity index (χ0) is 12.3. The minimum atomic E-state index is 0.0287. The number of carbonyl (C=O) groups excluding carboxylic acids is 1. The highest BCUT2D eigenvalue weighted by Crippen LogP contribution is 2.33. The standard InChI is InChI=1S/C14H18BrNO/c1-11-4-2-5-12(8-11)9-13(17)16-14(10-15)6-3-7-14/h2,4-5,8H,3,6-7,9-10H2,1H3,(H,16,17). The molecule has 1 aromatic carbocycles. The summed E-state index contributed by atoms with van der Waals surface area (Å²) in [6.07, 6.45) is 3.89. The fourth-order valence-electron chi connectivity index (χ4n) is 2.24.